The van der Waals surface area contributed by atoms with E-state index < -0.39 is 5.91 Å². The molecule has 1 rings (SSSR count). The van der Waals surface area contributed by atoms with Crippen LogP contribution in [0.4, 0.5) is 0 Å². The van der Waals surface area contributed by atoms with Gasteiger partial charge in [0.2, 0.25) is 5.91 Å². The Morgan fingerprint density at radius 1 is 1.25 bits per heavy atom. The Hall–Kier alpha value is -1.35. The van der Waals surface area contributed by atoms with Gasteiger partial charge in [-0.1, -0.05) is 25.5 Å². The van der Waals surface area contributed by atoms with Crippen molar-refractivity contribution in [3.63, 3.8) is 0 Å². The molecule has 0 atom stereocenters. The van der Waals surface area contributed by atoms with E-state index in [9.17, 15) is 4.79 Å². The average molecular weight is 448 g/mol. The molecule has 0 unspecified atom stereocenters. The summed E-state index contributed by atoms with van der Waals surface area (Å²) in [5, 5.41) is 6.44. The predicted molar refractivity (Wildman–Crippen MR) is 109 cm³/mol. The topological polar surface area (TPSA) is 88.7 Å². The average Bonchev–Trinajstić information content (AvgIpc) is 2.57. The molecule has 6 nitrogen and oxygen atoms in total. The summed E-state index contributed by atoms with van der Waals surface area (Å²) in [4.78, 5) is 15.3. The molecular formula is C17H29IN4O2. The Morgan fingerprint density at radius 2 is 2.00 bits per heavy atom. The van der Waals surface area contributed by atoms with Crippen LogP contribution in [0.15, 0.2) is 29.3 Å². The molecule has 24 heavy (non-hydrogen) atoms. The van der Waals surface area contributed by atoms with Crippen LogP contribution in [-0.2, 0) is 11.3 Å². The smallest absolute Gasteiger partial charge is 0.248 e. The molecule has 0 aliphatic rings. The lowest BCUT2D eigenvalue weighted by atomic mass is 10.1. The maximum Gasteiger partial charge on any atom is 0.248 e. The van der Waals surface area contributed by atoms with Crippen LogP contribution in [0.25, 0.3) is 0 Å². The summed E-state index contributed by atoms with van der Waals surface area (Å²) >= 11 is 0. The molecule has 1 amide bonds. The summed E-state index contributed by atoms with van der Waals surface area (Å²) in [6.07, 6.45) is 3.20. The third kappa shape index (κ3) is 9.71. The largest absolute Gasteiger partial charge is 0.381 e. The number of benzene rings is 1. The number of nitrogens with zero attached hydrogens (tertiary/aromatic N) is 1. The minimum absolute atomic E-state index is 0. The Balaban J connectivity index is 0.00000529. The minimum Gasteiger partial charge on any atom is -0.381 e. The number of carbonyl (C=O) groups excluding carboxylic acids is 1. The zero-order valence-corrected chi connectivity index (χ0v) is 16.8. The van der Waals surface area contributed by atoms with Gasteiger partial charge in [0.1, 0.15) is 0 Å². The van der Waals surface area contributed by atoms with Crippen molar-refractivity contribution < 1.29 is 9.53 Å². The van der Waals surface area contributed by atoms with Crippen molar-refractivity contribution in [2.75, 3.05) is 26.8 Å². The standard InChI is InChI=1S/C17H28N4O2.HI/c1-3-4-10-23-11-6-9-20-17(19-2)21-13-14-7-5-8-15(12-14)16(18)22;/h5,7-8,12H,3-4,6,9-11,13H2,1-2H3,(H2,18,22)(H2,19,20,21);1H. The molecular weight excluding hydrogens is 419 g/mol. The zero-order valence-electron chi connectivity index (χ0n) is 14.5. The molecule has 0 bridgehead atoms. The molecule has 0 radical (unpaired) electrons. The SMILES string of the molecule is CCCCOCCCNC(=NC)NCc1cccc(C(N)=O)c1.I. The lowest BCUT2D eigenvalue weighted by Crippen LogP contribution is -2.37. The van der Waals surface area contributed by atoms with Gasteiger partial charge in [0, 0.05) is 38.9 Å². The lowest BCUT2D eigenvalue weighted by Gasteiger charge is -2.12. The van der Waals surface area contributed by atoms with Gasteiger partial charge in [0.05, 0.1) is 0 Å². The van der Waals surface area contributed by atoms with Crippen molar-refractivity contribution in [3.8, 4) is 0 Å². The lowest BCUT2D eigenvalue weighted by molar-refractivity contribution is 0.1000. The summed E-state index contributed by atoms with van der Waals surface area (Å²) < 4.78 is 5.51. The van der Waals surface area contributed by atoms with Gasteiger partial charge in [-0.25, -0.2) is 0 Å². The number of carbonyl (C=O) groups is 1. The van der Waals surface area contributed by atoms with Crippen LogP contribution < -0.4 is 16.4 Å². The fraction of sp³-hybridized carbons (Fsp3) is 0.529. The first-order valence-corrected chi connectivity index (χ1v) is 8.08. The van der Waals surface area contributed by atoms with E-state index in [0.29, 0.717) is 12.1 Å². The summed E-state index contributed by atoms with van der Waals surface area (Å²) in [6.45, 7) is 5.12. The van der Waals surface area contributed by atoms with E-state index in [-0.39, 0.29) is 24.0 Å². The molecule has 0 saturated carbocycles. The number of aliphatic imine (C=N–C) groups is 1. The number of primary amides is 1. The van der Waals surface area contributed by atoms with E-state index in [1.165, 1.54) is 0 Å². The molecule has 0 aliphatic heterocycles. The van der Waals surface area contributed by atoms with Gasteiger partial charge in [0.25, 0.3) is 0 Å². The van der Waals surface area contributed by atoms with Crippen LogP contribution in [-0.4, -0.2) is 38.7 Å². The zero-order chi connectivity index (χ0) is 16.9. The van der Waals surface area contributed by atoms with Gasteiger partial charge in [-0.05, 0) is 30.5 Å². The molecule has 0 aromatic heterocycles. The number of rotatable bonds is 10. The summed E-state index contributed by atoms with van der Waals surface area (Å²) in [7, 11) is 1.73. The quantitative estimate of drug-likeness (QED) is 0.222. The Bertz CT molecular complexity index is 509. The second-order valence-corrected chi connectivity index (χ2v) is 5.24. The van der Waals surface area contributed by atoms with Crippen LogP contribution in [0.5, 0.6) is 0 Å². The molecule has 0 spiro atoms. The second kappa shape index (κ2) is 14.0. The molecule has 0 saturated heterocycles. The highest BCUT2D eigenvalue weighted by atomic mass is 127. The molecule has 1 aromatic carbocycles. The molecule has 0 heterocycles. The van der Waals surface area contributed by atoms with Gasteiger partial charge in [-0.2, -0.15) is 0 Å². The fourth-order valence-corrected chi connectivity index (χ4v) is 1.97. The third-order valence-corrected chi connectivity index (χ3v) is 3.30. The Kier molecular flexibility index (Phi) is 13.2. The van der Waals surface area contributed by atoms with Crippen molar-refractivity contribution in [2.45, 2.75) is 32.7 Å². The molecule has 0 fully saturated rings. The van der Waals surface area contributed by atoms with Crippen molar-refractivity contribution in [3.05, 3.63) is 35.4 Å². The van der Waals surface area contributed by atoms with E-state index in [1.807, 2.05) is 12.1 Å². The monoisotopic (exact) mass is 448 g/mol. The predicted octanol–water partition coefficient (Wildman–Crippen LogP) is 2.28. The van der Waals surface area contributed by atoms with Gasteiger partial charge in [-0.15, -0.1) is 24.0 Å². The molecule has 0 aliphatic carbocycles. The van der Waals surface area contributed by atoms with Crippen molar-refractivity contribution in [1.29, 1.82) is 0 Å². The second-order valence-electron chi connectivity index (χ2n) is 5.24. The first-order chi connectivity index (χ1) is 11.2. The Labute approximate surface area is 161 Å². The summed E-state index contributed by atoms with van der Waals surface area (Å²) in [6, 6.07) is 7.25. The minimum atomic E-state index is -0.419. The number of unbranched alkanes of at least 4 members (excludes halogenated alkanes) is 1. The highest BCUT2D eigenvalue weighted by Crippen LogP contribution is 2.04. The van der Waals surface area contributed by atoms with E-state index in [0.717, 1.165) is 50.5 Å². The van der Waals surface area contributed by atoms with E-state index in [2.05, 4.69) is 22.5 Å². The number of halogens is 1. The first-order valence-electron chi connectivity index (χ1n) is 8.08. The van der Waals surface area contributed by atoms with E-state index in [4.69, 9.17) is 10.5 Å². The normalized spacial score (nSPS) is 10.8. The van der Waals surface area contributed by atoms with E-state index >= 15 is 0 Å². The number of nitrogens with one attached hydrogen (secondary N) is 2. The number of nitrogens with two attached hydrogens (primary N) is 1. The van der Waals surface area contributed by atoms with Crippen LogP contribution in [0, 0.1) is 0 Å². The van der Waals surface area contributed by atoms with Gasteiger partial charge >= 0.3 is 0 Å². The van der Waals surface area contributed by atoms with Gasteiger partial charge in [0.15, 0.2) is 5.96 Å². The molecule has 4 N–H and O–H groups in total. The highest BCUT2D eigenvalue weighted by Gasteiger charge is 2.02. The molecule has 7 heteroatoms. The molecule has 136 valence electrons. The first kappa shape index (κ1) is 22.6. The molecule has 1 aromatic rings. The fourth-order valence-electron chi connectivity index (χ4n) is 1.97. The van der Waals surface area contributed by atoms with Gasteiger partial charge in [-0.3, -0.25) is 9.79 Å². The number of amides is 1. The third-order valence-electron chi connectivity index (χ3n) is 3.30. The van der Waals surface area contributed by atoms with Gasteiger partial charge < -0.3 is 21.1 Å². The summed E-state index contributed by atoms with van der Waals surface area (Å²) in [5.41, 5.74) is 6.77. The van der Waals surface area contributed by atoms with Crippen molar-refractivity contribution in [1.82, 2.24) is 10.6 Å². The van der Waals surface area contributed by atoms with Crippen LogP contribution in [0.2, 0.25) is 0 Å². The van der Waals surface area contributed by atoms with Crippen molar-refractivity contribution in [2.24, 2.45) is 10.7 Å². The summed E-state index contributed by atoms with van der Waals surface area (Å²) in [5.74, 6) is 0.306. The number of ether oxygens (including phenoxy) is 1. The van der Waals surface area contributed by atoms with Crippen molar-refractivity contribution >= 4 is 35.8 Å². The van der Waals surface area contributed by atoms with Crippen LogP contribution >= 0.6 is 24.0 Å². The number of hydrogen-bond acceptors (Lipinski definition) is 3. The maximum absolute atomic E-state index is 11.2. The number of hydrogen-bond donors (Lipinski definition) is 3. The number of guanidine groups is 1. The maximum atomic E-state index is 11.2. The Morgan fingerprint density at radius 3 is 2.67 bits per heavy atom. The van der Waals surface area contributed by atoms with Crippen LogP contribution in [0.3, 0.4) is 0 Å². The van der Waals surface area contributed by atoms with E-state index in [1.54, 1.807) is 19.2 Å². The van der Waals surface area contributed by atoms with Crippen LogP contribution in [0.1, 0.15) is 42.1 Å². The highest BCUT2D eigenvalue weighted by molar-refractivity contribution is 14.0.